The van der Waals surface area contributed by atoms with E-state index in [-0.39, 0.29) is 24.3 Å². The highest BCUT2D eigenvalue weighted by Crippen LogP contribution is 2.69. The van der Waals surface area contributed by atoms with Gasteiger partial charge < -0.3 is 14.7 Å². The maximum atomic E-state index is 13.9. The largest absolute Gasteiger partial charge is 0.496 e. The van der Waals surface area contributed by atoms with Crippen molar-refractivity contribution in [1.82, 2.24) is 4.90 Å². The van der Waals surface area contributed by atoms with Crippen molar-refractivity contribution in [3.8, 4) is 5.75 Å². The third-order valence-electron chi connectivity index (χ3n) is 9.34. The van der Waals surface area contributed by atoms with Crippen molar-refractivity contribution in [2.24, 2.45) is 11.3 Å². The Kier molecular flexibility index (Phi) is 5.30. The predicted molar refractivity (Wildman–Crippen MR) is 143 cm³/mol. The second-order valence-corrected chi connectivity index (χ2v) is 10.7. The summed E-state index contributed by atoms with van der Waals surface area (Å²) in [5.41, 5.74) is 4.09. The minimum atomic E-state index is -1.06. The maximum Gasteiger partial charge on any atom is 0.312 e. The van der Waals surface area contributed by atoms with Crippen LogP contribution in [-0.2, 0) is 15.0 Å². The molecule has 4 unspecified atom stereocenters. The van der Waals surface area contributed by atoms with E-state index in [9.17, 15) is 14.7 Å². The van der Waals surface area contributed by atoms with Gasteiger partial charge >= 0.3 is 5.97 Å². The number of hydrogen-bond acceptors (Lipinski definition) is 3. The van der Waals surface area contributed by atoms with Gasteiger partial charge in [0.2, 0.25) is 0 Å². The first-order chi connectivity index (χ1) is 17.9. The van der Waals surface area contributed by atoms with Crippen molar-refractivity contribution in [1.29, 1.82) is 0 Å². The molecule has 1 saturated carbocycles. The molecule has 2 bridgehead atoms. The number of hydrogen-bond donors (Lipinski definition) is 1. The molecule has 4 aliphatic rings. The van der Waals surface area contributed by atoms with Crippen molar-refractivity contribution >= 4 is 17.4 Å². The van der Waals surface area contributed by atoms with Gasteiger partial charge in [0, 0.05) is 41.5 Å². The highest BCUT2D eigenvalue weighted by molar-refractivity contribution is 6.19. The van der Waals surface area contributed by atoms with Gasteiger partial charge in [0.15, 0.2) is 0 Å². The molecule has 1 heterocycles. The number of aliphatic carboxylic acids is 1. The summed E-state index contributed by atoms with van der Waals surface area (Å²) in [5.74, 6) is -0.860. The Balaban J connectivity index is 1.51. The van der Waals surface area contributed by atoms with Crippen molar-refractivity contribution < 1.29 is 19.4 Å². The number of carboxylic acid groups (broad SMARTS) is 1. The van der Waals surface area contributed by atoms with Crippen LogP contribution in [0.4, 0.5) is 0 Å². The third kappa shape index (κ3) is 3.03. The summed E-state index contributed by atoms with van der Waals surface area (Å²) in [7, 11) is 1.57. The molecule has 0 spiro atoms. The number of ether oxygens (including phenoxy) is 1. The molecule has 5 nitrogen and oxygen atoms in total. The topological polar surface area (TPSA) is 66.8 Å². The van der Waals surface area contributed by atoms with E-state index in [4.69, 9.17) is 4.74 Å². The zero-order valence-electron chi connectivity index (χ0n) is 21.2. The lowest BCUT2D eigenvalue weighted by Gasteiger charge is -2.59. The fourth-order valence-electron chi connectivity index (χ4n) is 7.85. The third-order valence-corrected chi connectivity index (χ3v) is 9.34. The van der Waals surface area contributed by atoms with Crippen LogP contribution in [0.1, 0.15) is 46.6 Å². The average molecular weight is 494 g/mol. The zero-order chi connectivity index (χ0) is 25.9. The number of fused-ring (bicyclic) bond motifs is 1. The van der Waals surface area contributed by atoms with Crippen LogP contribution in [0.5, 0.6) is 5.75 Å². The van der Waals surface area contributed by atoms with Gasteiger partial charge in [-0.15, -0.1) is 0 Å². The summed E-state index contributed by atoms with van der Waals surface area (Å²) in [6.45, 7) is 6.78. The van der Waals surface area contributed by atoms with E-state index >= 15 is 0 Å². The van der Waals surface area contributed by atoms with E-state index in [2.05, 4.69) is 43.8 Å². The fraction of sp³-hybridized carbons (Fsp3) is 0.312. The van der Waals surface area contributed by atoms with E-state index in [0.29, 0.717) is 23.4 Å². The molecular formula is C32H31NO4. The molecule has 1 saturated heterocycles. The Hall–Kier alpha value is -3.86. The monoisotopic (exact) mass is 493 g/mol. The van der Waals surface area contributed by atoms with E-state index in [1.165, 1.54) is 11.1 Å². The van der Waals surface area contributed by atoms with E-state index in [1.807, 2.05) is 36.4 Å². The summed E-state index contributed by atoms with van der Waals surface area (Å²) >= 11 is 0. The summed E-state index contributed by atoms with van der Waals surface area (Å²) in [5, 5.41) is 10.9. The lowest BCUT2D eigenvalue weighted by Crippen LogP contribution is -2.60. The van der Waals surface area contributed by atoms with Crippen molar-refractivity contribution in [3.05, 3.63) is 107 Å². The predicted octanol–water partition coefficient (Wildman–Crippen LogP) is 5.42. The molecular weight excluding hydrogens is 462 g/mol. The van der Waals surface area contributed by atoms with Gasteiger partial charge in [-0.2, -0.15) is 0 Å². The lowest BCUT2D eigenvalue weighted by molar-refractivity contribution is -0.157. The van der Waals surface area contributed by atoms with Crippen LogP contribution in [0.25, 0.3) is 5.57 Å². The number of carbonyl (C=O) groups excluding carboxylic acids is 1. The highest BCUT2D eigenvalue weighted by Gasteiger charge is 2.71. The Bertz CT molecular complexity index is 1440. The summed E-state index contributed by atoms with van der Waals surface area (Å²) in [6.07, 6.45) is 1.65. The molecule has 0 aromatic heterocycles. The number of aryl methyl sites for hydroxylation is 1. The van der Waals surface area contributed by atoms with Gasteiger partial charge in [0.1, 0.15) is 5.75 Å². The number of nitrogens with zero attached hydrogens (tertiary/aromatic N) is 1. The van der Waals surface area contributed by atoms with Gasteiger partial charge in [0.25, 0.3) is 5.91 Å². The van der Waals surface area contributed by atoms with Crippen molar-refractivity contribution in [2.75, 3.05) is 20.2 Å². The highest BCUT2D eigenvalue weighted by atomic mass is 16.5. The normalized spacial score (nSPS) is 27.4. The molecule has 5 heteroatoms. The first-order valence-electron chi connectivity index (χ1n) is 12.9. The van der Waals surface area contributed by atoms with Gasteiger partial charge in [-0.3, -0.25) is 9.59 Å². The molecule has 0 radical (unpaired) electrons. The Morgan fingerprint density at radius 2 is 1.68 bits per heavy atom. The summed E-state index contributed by atoms with van der Waals surface area (Å²) in [4.78, 5) is 29.0. The summed E-state index contributed by atoms with van der Waals surface area (Å²) < 4.78 is 5.48. The number of amides is 1. The van der Waals surface area contributed by atoms with Gasteiger partial charge in [-0.1, -0.05) is 73.3 Å². The number of para-hydroxylation sites is 1. The molecule has 2 fully saturated rings. The van der Waals surface area contributed by atoms with Crippen molar-refractivity contribution in [2.45, 2.75) is 31.1 Å². The molecule has 1 aliphatic heterocycles. The molecule has 37 heavy (non-hydrogen) atoms. The molecule has 4 atom stereocenters. The van der Waals surface area contributed by atoms with Crippen LogP contribution in [0, 0.1) is 18.3 Å². The van der Waals surface area contributed by atoms with Crippen LogP contribution in [-0.4, -0.2) is 42.1 Å². The standard InChI is InChI=1S/C32H31NO4/c1-20-10-4-7-13-24(20)31-17-16-26(23-12-5-8-14-25(23)31)32(30(35)36)19-33(18-28(31)32)29(34)21(2)22-11-6-9-15-27(22)37-3/h4-15,26,28H,2,16-19H2,1,3H3,(H,35,36). The van der Waals surface area contributed by atoms with Crippen LogP contribution in [0.3, 0.4) is 0 Å². The second-order valence-electron chi connectivity index (χ2n) is 10.7. The van der Waals surface area contributed by atoms with E-state index < -0.39 is 16.8 Å². The number of carbonyl (C=O) groups is 2. The summed E-state index contributed by atoms with van der Waals surface area (Å²) in [6, 6.07) is 24.0. The quantitative estimate of drug-likeness (QED) is 0.482. The number of carboxylic acids is 1. The molecule has 7 rings (SSSR count). The minimum absolute atomic E-state index is 0.144. The van der Waals surface area contributed by atoms with Crippen LogP contribution >= 0.6 is 0 Å². The molecule has 188 valence electrons. The van der Waals surface area contributed by atoms with E-state index in [0.717, 1.165) is 24.0 Å². The zero-order valence-corrected chi connectivity index (χ0v) is 21.2. The fourth-order valence-corrected chi connectivity index (χ4v) is 7.85. The lowest BCUT2D eigenvalue weighted by atomic mass is 9.42. The average Bonchev–Trinajstić information content (AvgIpc) is 3.37. The van der Waals surface area contributed by atoms with Crippen molar-refractivity contribution in [3.63, 3.8) is 0 Å². The molecule has 1 amide bonds. The van der Waals surface area contributed by atoms with Gasteiger partial charge in [-0.05, 0) is 48.1 Å². The van der Waals surface area contributed by atoms with Crippen LogP contribution in [0.2, 0.25) is 0 Å². The first kappa shape index (κ1) is 23.5. The number of benzene rings is 3. The van der Waals surface area contributed by atoms with Gasteiger partial charge in [-0.25, -0.2) is 0 Å². The number of rotatable bonds is 5. The first-order valence-corrected chi connectivity index (χ1v) is 12.9. The minimum Gasteiger partial charge on any atom is -0.496 e. The molecule has 3 aliphatic carbocycles. The Morgan fingerprint density at radius 3 is 2.41 bits per heavy atom. The Labute approximate surface area is 217 Å². The number of methoxy groups -OCH3 is 1. The van der Waals surface area contributed by atoms with Crippen LogP contribution in [0.15, 0.2) is 79.4 Å². The number of likely N-dealkylation sites (tertiary alicyclic amines) is 1. The molecule has 1 N–H and O–H groups in total. The molecule has 3 aromatic carbocycles. The smallest absolute Gasteiger partial charge is 0.312 e. The van der Waals surface area contributed by atoms with Crippen LogP contribution < -0.4 is 4.74 Å². The Morgan fingerprint density at radius 1 is 1.00 bits per heavy atom. The van der Waals surface area contributed by atoms with E-state index in [1.54, 1.807) is 18.1 Å². The maximum absolute atomic E-state index is 13.9. The second kappa shape index (κ2) is 8.34. The molecule has 3 aromatic rings. The van der Waals surface area contributed by atoms with Gasteiger partial charge in [0.05, 0.1) is 12.5 Å². The SMILES string of the molecule is C=C(C(=O)N1CC2C3(c4ccccc4C)CCC(c4ccccc43)C2(C(=O)O)C1)c1ccccc1OC.